The number of amides is 1. The summed E-state index contributed by atoms with van der Waals surface area (Å²) in [5, 5.41) is 5.97. The van der Waals surface area contributed by atoms with Gasteiger partial charge >= 0.3 is 0 Å². The van der Waals surface area contributed by atoms with Crippen molar-refractivity contribution in [3.8, 4) is 0 Å². The van der Waals surface area contributed by atoms with E-state index < -0.39 is 0 Å². The maximum Gasteiger partial charge on any atom is 0.251 e. The molecule has 0 saturated carbocycles. The highest BCUT2D eigenvalue weighted by atomic mass is 32.1. The van der Waals surface area contributed by atoms with E-state index in [1.165, 1.54) is 0 Å². The molecule has 0 aliphatic rings. The van der Waals surface area contributed by atoms with Gasteiger partial charge in [-0.25, -0.2) is 4.98 Å². The molecule has 0 unspecified atom stereocenters. The molecule has 3 N–H and O–H groups in total. The van der Waals surface area contributed by atoms with E-state index in [1.54, 1.807) is 29.5 Å². The molecule has 0 saturated heterocycles. The summed E-state index contributed by atoms with van der Waals surface area (Å²) in [5.41, 5.74) is 8.93. The number of rotatable bonds is 4. The zero-order valence-electron chi connectivity index (χ0n) is 11.1. The fourth-order valence-electron chi connectivity index (χ4n) is 1.84. The lowest BCUT2D eigenvalue weighted by Gasteiger charge is -2.07. The Hall–Kier alpha value is -1.88. The average Bonchev–Trinajstić information content (AvgIpc) is 2.75. The summed E-state index contributed by atoms with van der Waals surface area (Å²) in [7, 11) is 0. The van der Waals surface area contributed by atoms with Crippen LogP contribution in [0.4, 0.5) is 5.69 Å². The van der Waals surface area contributed by atoms with Crippen molar-refractivity contribution < 1.29 is 4.79 Å². The van der Waals surface area contributed by atoms with E-state index in [-0.39, 0.29) is 5.91 Å². The number of hydrogen-bond donors (Lipinski definition) is 2. The second-order valence-corrected chi connectivity index (χ2v) is 5.41. The molecule has 0 fully saturated rings. The van der Waals surface area contributed by atoms with Gasteiger partial charge in [-0.15, -0.1) is 11.3 Å². The second-order valence-electron chi connectivity index (χ2n) is 4.46. The third-order valence-corrected chi connectivity index (χ3v) is 3.81. The molecule has 0 aliphatic heterocycles. The lowest BCUT2D eigenvalue weighted by atomic mass is 10.1. The number of hydrogen-bond acceptors (Lipinski definition) is 4. The van der Waals surface area contributed by atoms with Gasteiger partial charge in [0.15, 0.2) is 0 Å². The monoisotopic (exact) mass is 275 g/mol. The molecule has 1 aromatic carbocycles. The predicted molar refractivity (Wildman–Crippen MR) is 78.5 cm³/mol. The Labute approximate surface area is 116 Å². The van der Waals surface area contributed by atoms with Crippen molar-refractivity contribution in [2.24, 2.45) is 0 Å². The SMILES string of the molecule is Cc1csc(CCNC(=O)c2ccc(N)cc2C)n1. The summed E-state index contributed by atoms with van der Waals surface area (Å²) >= 11 is 1.62. The molecule has 0 spiro atoms. The first-order valence-corrected chi connectivity index (χ1v) is 6.99. The van der Waals surface area contributed by atoms with Crippen molar-refractivity contribution >= 4 is 22.9 Å². The minimum Gasteiger partial charge on any atom is -0.399 e. The number of aromatic nitrogens is 1. The quantitative estimate of drug-likeness (QED) is 0.841. The molecule has 2 rings (SSSR count). The van der Waals surface area contributed by atoms with E-state index in [1.807, 2.05) is 19.2 Å². The highest BCUT2D eigenvalue weighted by Crippen LogP contribution is 2.12. The van der Waals surface area contributed by atoms with Gasteiger partial charge < -0.3 is 11.1 Å². The van der Waals surface area contributed by atoms with E-state index in [0.717, 1.165) is 22.7 Å². The number of benzene rings is 1. The third-order valence-electron chi connectivity index (χ3n) is 2.79. The van der Waals surface area contributed by atoms with Crippen molar-refractivity contribution in [1.82, 2.24) is 10.3 Å². The summed E-state index contributed by atoms with van der Waals surface area (Å²) in [5.74, 6) is -0.0641. The zero-order chi connectivity index (χ0) is 13.8. The lowest BCUT2D eigenvalue weighted by molar-refractivity contribution is 0.0953. The Morgan fingerprint density at radius 1 is 1.42 bits per heavy atom. The van der Waals surface area contributed by atoms with E-state index in [2.05, 4.69) is 10.3 Å². The molecular weight excluding hydrogens is 258 g/mol. The van der Waals surface area contributed by atoms with Crippen LogP contribution >= 0.6 is 11.3 Å². The van der Waals surface area contributed by atoms with Gasteiger partial charge in [0.1, 0.15) is 0 Å². The smallest absolute Gasteiger partial charge is 0.251 e. The summed E-state index contributed by atoms with van der Waals surface area (Å²) in [6, 6.07) is 5.30. The second kappa shape index (κ2) is 5.84. The zero-order valence-corrected chi connectivity index (χ0v) is 11.9. The molecule has 2 aromatic rings. The molecule has 0 atom stereocenters. The van der Waals surface area contributed by atoms with Gasteiger partial charge in [-0.05, 0) is 37.6 Å². The van der Waals surface area contributed by atoms with Crippen LogP contribution in [0.3, 0.4) is 0 Å². The fraction of sp³-hybridized carbons (Fsp3) is 0.286. The molecule has 0 bridgehead atoms. The van der Waals surface area contributed by atoms with Crippen LogP contribution in [0.25, 0.3) is 0 Å². The number of nitrogens with two attached hydrogens (primary N) is 1. The van der Waals surface area contributed by atoms with Gasteiger partial charge in [0.2, 0.25) is 0 Å². The van der Waals surface area contributed by atoms with Crippen molar-refractivity contribution in [3.63, 3.8) is 0 Å². The van der Waals surface area contributed by atoms with Gasteiger partial charge in [-0.2, -0.15) is 0 Å². The first kappa shape index (κ1) is 13.5. The van der Waals surface area contributed by atoms with Crippen molar-refractivity contribution in [1.29, 1.82) is 0 Å². The van der Waals surface area contributed by atoms with Crippen LogP contribution in [-0.4, -0.2) is 17.4 Å². The Bertz CT molecular complexity index is 592. The topological polar surface area (TPSA) is 68.0 Å². The summed E-state index contributed by atoms with van der Waals surface area (Å²) in [4.78, 5) is 16.4. The summed E-state index contributed by atoms with van der Waals surface area (Å²) < 4.78 is 0. The largest absolute Gasteiger partial charge is 0.399 e. The highest BCUT2D eigenvalue weighted by Gasteiger charge is 2.08. The Kier molecular flexibility index (Phi) is 4.16. The predicted octanol–water partition coefficient (Wildman–Crippen LogP) is 2.31. The standard InChI is InChI=1S/C14H17N3OS/c1-9-7-11(15)3-4-12(9)14(18)16-6-5-13-17-10(2)8-19-13/h3-4,7-8H,5-6,15H2,1-2H3,(H,16,18). The maximum absolute atomic E-state index is 12.0. The lowest BCUT2D eigenvalue weighted by Crippen LogP contribution is -2.26. The van der Waals surface area contributed by atoms with Crippen LogP contribution < -0.4 is 11.1 Å². The number of nitrogen functional groups attached to an aromatic ring is 1. The molecule has 100 valence electrons. The first-order valence-electron chi connectivity index (χ1n) is 6.11. The van der Waals surface area contributed by atoms with E-state index in [0.29, 0.717) is 17.8 Å². The van der Waals surface area contributed by atoms with E-state index in [9.17, 15) is 4.79 Å². The number of thiazole rings is 1. The highest BCUT2D eigenvalue weighted by molar-refractivity contribution is 7.09. The number of anilines is 1. The van der Waals surface area contributed by atoms with Gasteiger partial charge in [0.05, 0.1) is 5.01 Å². The van der Waals surface area contributed by atoms with Gasteiger partial charge in [0.25, 0.3) is 5.91 Å². The van der Waals surface area contributed by atoms with Crippen LogP contribution in [0.5, 0.6) is 0 Å². The van der Waals surface area contributed by atoms with Crippen molar-refractivity contribution in [2.75, 3.05) is 12.3 Å². The molecule has 19 heavy (non-hydrogen) atoms. The number of aryl methyl sites for hydroxylation is 2. The maximum atomic E-state index is 12.0. The van der Waals surface area contributed by atoms with Crippen LogP contribution in [0.1, 0.15) is 26.6 Å². The minimum atomic E-state index is -0.0641. The third kappa shape index (κ3) is 3.54. The molecule has 1 amide bonds. The van der Waals surface area contributed by atoms with Crippen LogP contribution in [0, 0.1) is 13.8 Å². The van der Waals surface area contributed by atoms with Crippen LogP contribution in [0.15, 0.2) is 23.6 Å². The minimum absolute atomic E-state index is 0.0641. The van der Waals surface area contributed by atoms with Crippen molar-refractivity contribution in [3.05, 3.63) is 45.4 Å². The fourth-order valence-corrected chi connectivity index (χ4v) is 2.61. The van der Waals surface area contributed by atoms with Crippen molar-refractivity contribution in [2.45, 2.75) is 20.3 Å². The molecule has 1 aromatic heterocycles. The number of carbonyl (C=O) groups is 1. The van der Waals surface area contributed by atoms with Gasteiger partial charge in [-0.1, -0.05) is 0 Å². The molecular formula is C14H17N3OS. The molecule has 0 radical (unpaired) electrons. The van der Waals surface area contributed by atoms with Gasteiger partial charge in [0, 0.05) is 35.3 Å². The first-order chi connectivity index (χ1) is 9.06. The summed E-state index contributed by atoms with van der Waals surface area (Å²) in [6.45, 7) is 4.45. The molecule has 5 heteroatoms. The Balaban J connectivity index is 1.90. The number of nitrogens with one attached hydrogen (secondary N) is 1. The van der Waals surface area contributed by atoms with E-state index >= 15 is 0 Å². The molecule has 0 aliphatic carbocycles. The Morgan fingerprint density at radius 2 is 2.21 bits per heavy atom. The summed E-state index contributed by atoms with van der Waals surface area (Å²) in [6.07, 6.45) is 0.762. The Morgan fingerprint density at radius 3 is 2.84 bits per heavy atom. The molecule has 4 nitrogen and oxygen atoms in total. The van der Waals surface area contributed by atoms with E-state index in [4.69, 9.17) is 5.73 Å². The number of nitrogens with zero attached hydrogens (tertiary/aromatic N) is 1. The normalized spacial score (nSPS) is 10.4. The number of carbonyl (C=O) groups excluding carboxylic acids is 1. The van der Waals surface area contributed by atoms with Crippen LogP contribution in [-0.2, 0) is 6.42 Å². The van der Waals surface area contributed by atoms with Gasteiger partial charge in [-0.3, -0.25) is 4.79 Å². The average molecular weight is 275 g/mol. The van der Waals surface area contributed by atoms with Crippen LogP contribution in [0.2, 0.25) is 0 Å². The molecule has 1 heterocycles.